The molecule has 1 heterocycles. The van der Waals surface area contributed by atoms with Crippen LogP contribution in [-0.4, -0.2) is 29.9 Å². The van der Waals surface area contributed by atoms with E-state index in [-0.39, 0.29) is 23.4 Å². The Morgan fingerprint density at radius 1 is 1.39 bits per heavy atom. The van der Waals surface area contributed by atoms with Crippen LogP contribution in [0.2, 0.25) is 0 Å². The lowest BCUT2D eigenvalue weighted by molar-refractivity contribution is -0.123. The van der Waals surface area contributed by atoms with Crippen LogP contribution in [0, 0.1) is 0 Å². The van der Waals surface area contributed by atoms with Gasteiger partial charge in [0.25, 0.3) is 0 Å². The van der Waals surface area contributed by atoms with Crippen LogP contribution in [0.4, 0.5) is 0 Å². The Morgan fingerprint density at radius 3 is 2.72 bits per heavy atom. The van der Waals surface area contributed by atoms with E-state index >= 15 is 0 Å². The fraction of sp³-hybridized carbons (Fsp3) is 0.846. The molecule has 0 aromatic rings. The normalized spacial score (nSPS) is 26.7. The molecule has 1 saturated carbocycles. The number of nitrogens with two attached hydrogens (primary N) is 1. The van der Waals surface area contributed by atoms with Gasteiger partial charge in [-0.3, -0.25) is 9.59 Å². The largest absolute Gasteiger partial charge is 0.354 e. The number of rotatable bonds is 4. The number of hydrogen-bond acceptors (Lipinski definition) is 3. The standard InChI is InChI=1S/C13H23N3O2/c14-13(6-2-1-3-7-13)8-12(18)15-9-10-4-5-11(17)16-10/h10H,1-9,14H2,(H,15,18)(H,16,17). The summed E-state index contributed by atoms with van der Waals surface area (Å²) >= 11 is 0. The fourth-order valence-corrected chi connectivity index (χ4v) is 2.88. The second-order valence-electron chi connectivity index (χ2n) is 5.71. The topological polar surface area (TPSA) is 84.2 Å². The van der Waals surface area contributed by atoms with E-state index in [0.717, 1.165) is 32.1 Å². The van der Waals surface area contributed by atoms with Gasteiger partial charge in [-0.2, -0.15) is 0 Å². The van der Waals surface area contributed by atoms with Gasteiger partial charge in [0.1, 0.15) is 0 Å². The van der Waals surface area contributed by atoms with Crippen molar-refractivity contribution in [1.29, 1.82) is 0 Å². The van der Waals surface area contributed by atoms with Gasteiger partial charge in [0, 0.05) is 31.0 Å². The molecule has 1 saturated heterocycles. The van der Waals surface area contributed by atoms with Crippen molar-refractivity contribution in [2.75, 3.05) is 6.54 Å². The van der Waals surface area contributed by atoms with Crippen LogP contribution in [0.15, 0.2) is 0 Å². The van der Waals surface area contributed by atoms with Crippen LogP contribution in [-0.2, 0) is 9.59 Å². The Kier molecular flexibility index (Phi) is 4.22. The molecule has 1 unspecified atom stereocenters. The van der Waals surface area contributed by atoms with E-state index in [9.17, 15) is 9.59 Å². The molecule has 2 rings (SSSR count). The quantitative estimate of drug-likeness (QED) is 0.679. The van der Waals surface area contributed by atoms with Gasteiger partial charge in [-0.25, -0.2) is 0 Å². The van der Waals surface area contributed by atoms with Crippen LogP contribution < -0.4 is 16.4 Å². The van der Waals surface area contributed by atoms with Crippen molar-refractivity contribution in [3.63, 3.8) is 0 Å². The molecule has 0 bridgehead atoms. The van der Waals surface area contributed by atoms with Crippen molar-refractivity contribution in [3.8, 4) is 0 Å². The van der Waals surface area contributed by atoms with Crippen molar-refractivity contribution < 1.29 is 9.59 Å². The Bertz CT molecular complexity index is 324. The molecular formula is C13H23N3O2. The molecule has 0 aromatic carbocycles. The maximum atomic E-state index is 11.9. The highest BCUT2D eigenvalue weighted by atomic mass is 16.2. The predicted molar refractivity (Wildman–Crippen MR) is 68.8 cm³/mol. The highest BCUT2D eigenvalue weighted by Crippen LogP contribution is 2.28. The molecule has 18 heavy (non-hydrogen) atoms. The smallest absolute Gasteiger partial charge is 0.221 e. The van der Waals surface area contributed by atoms with E-state index in [1.165, 1.54) is 6.42 Å². The van der Waals surface area contributed by atoms with Gasteiger partial charge >= 0.3 is 0 Å². The van der Waals surface area contributed by atoms with E-state index < -0.39 is 0 Å². The number of carbonyl (C=O) groups is 2. The zero-order chi connectivity index (χ0) is 13.0. The van der Waals surface area contributed by atoms with Crippen LogP contribution in [0.1, 0.15) is 51.4 Å². The summed E-state index contributed by atoms with van der Waals surface area (Å²) in [6, 6.07) is 0.0986. The summed E-state index contributed by atoms with van der Waals surface area (Å²) in [7, 11) is 0. The van der Waals surface area contributed by atoms with Crippen LogP contribution in [0.5, 0.6) is 0 Å². The average molecular weight is 253 g/mol. The number of hydrogen-bond donors (Lipinski definition) is 3. The summed E-state index contributed by atoms with van der Waals surface area (Å²) in [5, 5.41) is 5.72. The lowest BCUT2D eigenvalue weighted by Crippen LogP contribution is -2.47. The minimum absolute atomic E-state index is 0.0144. The molecule has 4 N–H and O–H groups in total. The van der Waals surface area contributed by atoms with Crippen LogP contribution in [0.25, 0.3) is 0 Å². The Hall–Kier alpha value is -1.10. The SMILES string of the molecule is NC1(CC(=O)NCC2CCC(=O)N2)CCCCC1. The minimum Gasteiger partial charge on any atom is -0.354 e. The van der Waals surface area contributed by atoms with Gasteiger partial charge < -0.3 is 16.4 Å². The average Bonchev–Trinajstić information content (AvgIpc) is 2.73. The van der Waals surface area contributed by atoms with E-state index in [1.54, 1.807) is 0 Å². The van der Waals surface area contributed by atoms with Crippen molar-refractivity contribution in [1.82, 2.24) is 10.6 Å². The van der Waals surface area contributed by atoms with E-state index in [4.69, 9.17) is 5.73 Å². The van der Waals surface area contributed by atoms with Crippen molar-refractivity contribution in [2.45, 2.75) is 62.9 Å². The third kappa shape index (κ3) is 3.70. The molecule has 0 spiro atoms. The Balaban J connectivity index is 1.69. The van der Waals surface area contributed by atoms with Crippen LogP contribution in [0.3, 0.4) is 0 Å². The van der Waals surface area contributed by atoms with Crippen molar-refractivity contribution >= 4 is 11.8 Å². The zero-order valence-corrected chi connectivity index (χ0v) is 10.8. The number of nitrogens with one attached hydrogen (secondary N) is 2. The summed E-state index contributed by atoms with van der Waals surface area (Å²) < 4.78 is 0. The summed E-state index contributed by atoms with van der Waals surface area (Å²) in [5.41, 5.74) is 5.93. The van der Waals surface area contributed by atoms with Crippen LogP contribution >= 0.6 is 0 Å². The maximum Gasteiger partial charge on any atom is 0.221 e. The second kappa shape index (κ2) is 5.69. The second-order valence-corrected chi connectivity index (χ2v) is 5.71. The molecule has 0 radical (unpaired) electrons. The number of carbonyl (C=O) groups excluding carboxylic acids is 2. The third-order valence-corrected chi connectivity index (χ3v) is 3.99. The lowest BCUT2D eigenvalue weighted by atomic mass is 9.80. The molecule has 2 aliphatic rings. The molecule has 5 heteroatoms. The van der Waals surface area contributed by atoms with E-state index in [1.807, 2.05) is 0 Å². The molecule has 2 amide bonds. The molecule has 1 aliphatic carbocycles. The minimum atomic E-state index is -0.304. The van der Waals surface area contributed by atoms with Gasteiger partial charge in [0.15, 0.2) is 0 Å². The Labute approximate surface area is 108 Å². The fourth-order valence-electron chi connectivity index (χ4n) is 2.88. The van der Waals surface area contributed by atoms with Gasteiger partial charge in [0.2, 0.25) is 11.8 Å². The third-order valence-electron chi connectivity index (χ3n) is 3.99. The number of amides is 2. The highest BCUT2D eigenvalue weighted by molar-refractivity contribution is 5.79. The predicted octanol–water partition coefficient (Wildman–Crippen LogP) is 0.433. The van der Waals surface area contributed by atoms with Crippen molar-refractivity contribution in [3.05, 3.63) is 0 Å². The monoisotopic (exact) mass is 253 g/mol. The molecular weight excluding hydrogens is 230 g/mol. The molecule has 1 aliphatic heterocycles. The van der Waals surface area contributed by atoms with Gasteiger partial charge in [-0.05, 0) is 19.3 Å². The Morgan fingerprint density at radius 2 is 2.11 bits per heavy atom. The molecule has 102 valence electrons. The van der Waals surface area contributed by atoms with Gasteiger partial charge in [0.05, 0.1) is 0 Å². The zero-order valence-electron chi connectivity index (χ0n) is 10.8. The van der Waals surface area contributed by atoms with E-state index in [2.05, 4.69) is 10.6 Å². The first-order chi connectivity index (χ1) is 8.57. The maximum absolute atomic E-state index is 11.9. The lowest BCUT2D eigenvalue weighted by Gasteiger charge is -2.32. The first kappa shape index (κ1) is 13.3. The van der Waals surface area contributed by atoms with E-state index in [0.29, 0.717) is 19.4 Å². The van der Waals surface area contributed by atoms with Gasteiger partial charge in [-0.1, -0.05) is 19.3 Å². The first-order valence-electron chi connectivity index (χ1n) is 6.92. The summed E-state index contributed by atoms with van der Waals surface area (Å²) in [5.74, 6) is 0.0948. The molecule has 0 aromatic heterocycles. The first-order valence-corrected chi connectivity index (χ1v) is 6.92. The summed E-state index contributed by atoms with van der Waals surface area (Å²) in [6.07, 6.45) is 7.17. The molecule has 2 fully saturated rings. The summed E-state index contributed by atoms with van der Waals surface area (Å²) in [6.45, 7) is 0.528. The molecule has 5 nitrogen and oxygen atoms in total. The summed E-state index contributed by atoms with van der Waals surface area (Å²) in [4.78, 5) is 22.9. The van der Waals surface area contributed by atoms with Gasteiger partial charge in [-0.15, -0.1) is 0 Å². The molecule has 1 atom stereocenters. The highest BCUT2D eigenvalue weighted by Gasteiger charge is 2.30. The van der Waals surface area contributed by atoms with Crippen molar-refractivity contribution in [2.24, 2.45) is 5.73 Å².